The average molecular weight is 266 g/mol. The number of hydrogen-bond donors (Lipinski definition) is 2. The van der Waals surface area contributed by atoms with E-state index in [1.165, 1.54) is 11.8 Å². The standard InChI is InChI=1S/C13H18N2O2S/c1-3-11(12(16)14-2)13(15-17)18-9-10-7-5-4-6-8-10/h4-8,11,17H,3,9H2,1-2H3,(H,14,16)/b15-13-. The Morgan fingerprint density at radius 1 is 1.44 bits per heavy atom. The quantitative estimate of drug-likeness (QED) is 0.372. The maximum Gasteiger partial charge on any atom is 0.229 e. The maximum atomic E-state index is 11.6. The first kappa shape index (κ1) is 14.6. The highest BCUT2D eigenvalue weighted by Crippen LogP contribution is 2.21. The number of amides is 1. The molecule has 1 rings (SSSR count). The summed E-state index contributed by atoms with van der Waals surface area (Å²) in [6, 6.07) is 9.88. The molecule has 5 heteroatoms. The summed E-state index contributed by atoms with van der Waals surface area (Å²) in [6.45, 7) is 1.90. The molecule has 0 aromatic heterocycles. The summed E-state index contributed by atoms with van der Waals surface area (Å²) < 4.78 is 0. The summed E-state index contributed by atoms with van der Waals surface area (Å²) in [5.41, 5.74) is 1.13. The first-order chi connectivity index (χ1) is 8.72. The van der Waals surface area contributed by atoms with E-state index in [1.807, 2.05) is 37.3 Å². The molecule has 1 unspecified atom stereocenters. The molecule has 0 aliphatic carbocycles. The van der Waals surface area contributed by atoms with E-state index < -0.39 is 0 Å². The van der Waals surface area contributed by atoms with Gasteiger partial charge in [0.15, 0.2) is 0 Å². The number of carbonyl (C=O) groups is 1. The van der Waals surface area contributed by atoms with E-state index in [9.17, 15) is 4.79 Å². The maximum absolute atomic E-state index is 11.6. The number of nitrogens with one attached hydrogen (secondary N) is 1. The minimum absolute atomic E-state index is 0.120. The average Bonchev–Trinajstić information content (AvgIpc) is 2.43. The van der Waals surface area contributed by atoms with Crippen LogP contribution >= 0.6 is 11.8 Å². The van der Waals surface area contributed by atoms with Crippen LogP contribution in [-0.4, -0.2) is 23.2 Å². The van der Waals surface area contributed by atoms with Crippen molar-refractivity contribution in [3.8, 4) is 0 Å². The molecule has 0 aliphatic heterocycles. The van der Waals surface area contributed by atoms with Gasteiger partial charge in [-0.1, -0.05) is 42.4 Å². The lowest BCUT2D eigenvalue weighted by Crippen LogP contribution is -2.31. The van der Waals surface area contributed by atoms with Crippen molar-refractivity contribution < 1.29 is 10.0 Å². The van der Waals surface area contributed by atoms with E-state index in [0.29, 0.717) is 17.2 Å². The second-order valence-corrected chi connectivity index (χ2v) is 4.78. The third kappa shape index (κ3) is 4.07. The van der Waals surface area contributed by atoms with Crippen LogP contribution in [0.1, 0.15) is 18.9 Å². The SMILES string of the molecule is CCC(C(=O)NC)/C(=N/O)SCc1ccccc1. The van der Waals surface area contributed by atoms with Gasteiger partial charge in [-0.05, 0) is 12.0 Å². The van der Waals surface area contributed by atoms with E-state index in [0.717, 1.165) is 5.56 Å². The zero-order valence-corrected chi connectivity index (χ0v) is 11.4. The number of rotatable bonds is 5. The Hall–Kier alpha value is -1.49. The Bertz CT molecular complexity index is 407. The van der Waals surface area contributed by atoms with Crippen molar-refractivity contribution in [2.24, 2.45) is 11.1 Å². The van der Waals surface area contributed by atoms with Gasteiger partial charge in [0.2, 0.25) is 5.91 Å². The van der Waals surface area contributed by atoms with E-state index in [2.05, 4.69) is 10.5 Å². The van der Waals surface area contributed by atoms with Crippen LogP contribution in [0, 0.1) is 5.92 Å². The van der Waals surface area contributed by atoms with Gasteiger partial charge in [0.25, 0.3) is 0 Å². The van der Waals surface area contributed by atoms with Crippen LogP contribution in [-0.2, 0) is 10.5 Å². The number of nitrogens with zero attached hydrogens (tertiary/aromatic N) is 1. The molecule has 0 saturated carbocycles. The molecule has 0 saturated heterocycles. The monoisotopic (exact) mass is 266 g/mol. The van der Waals surface area contributed by atoms with Crippen LogP contribution in [0.25, 0.3) is 0 Å². The third-order valence-electron chi connectivity index (χ3n) is 2.60. The van der Waals surface area contributed by atoms with Crippen LogP contribution in [0.3, 0.4) is 0 Å². The summed E-state index contributed by atoms with van der Waals surface area (Å²) in [7, 11) is 1.59. The minimum atomic E-state index is -0.381. The zero-order chi connectivity index (χ0) is 13.4. The highest BCUT2D eigenvalue weighted by molar-refractivity contribution is 8.13. The lowest BCUT2D eigenvalue weighted by Gasteiger charge is -2.14. The van der Waals surface area contributed by atoms with Crippen LogP contribution in [0.2, 0.25) is 0 Å². The highest BCUT2D eigenvalue weighted by Gasteiger charge is 2.22. The molecule has 1 atom stereocenters. The van der Waals surface area contributed by atoms with Gasteiger partial charge >= 0.3 is 0 Å². The first-order valence-corrected chi connectivity index (χ1v) is 6.81. The molecule has 18 heavy (non-hydrogen) atoms. The molecular weight excluding hydrogens is 248 g/mol. The van der Waals surface area contributed by atoms with Crippen LogP contribution in [0.5, 0.6) is 0 Å². The van der Waals surface area contributed by atoms with Crippen LogP contribution in [0.4, 0.5) is 0 Å². The first-order valence-electron chi connectivity index (χ1n) is 5.83. The predicted octanol–water partition coefficient (Wildman–Crippen LogP) is 2.48. The Morgan fingerprint density at radius 3 is 2.61 bits per heavy atom. The smallest absolute Gasteiger partial charge is 0.229 e. The van der Waals surface area contributed by atoms with E-state index in [1.54, 1.807) is 7.05 Å². The number of thioether (sulfide) groups is 1. The van der Waals surface area contributed by atoms with Crippen molar-refractivity contribution in [1.82, 2.24) is 5.32 Å². The summed E-state index contributed by atoms with van der Waals surface area (Å²) in [5, 5.41) is 15.3. The van der Waals surface area contributed by atoms with Crippen LogP contribution < -0.4 is 5.32 Å². The van der Waals surface area contributed by atoms with Gasteiger partial charge in [0, 0.05) is 12.8 Å². The Balaban J connectivity index is 2.65. The Kier molecular flexibility index (Phi) is 6.28. The molecule has 0 bridgehead atoms. The van der Waals surface area contributed by atoms with Gasteiger partial charge in [-0.15, -0.1) is 11.8 Å². The molecule has 0 spiro atoms. The molecule has 0 radical (unpaired) electrons. The Labute approximate surface area is 111 Å². The second-order valence-electron chi connectivity index (χ2n) is 3.79. The lowest BCUT2D eigenvalue weighted by molar-refractivity contribution is -0.122. The molecule has 4 nitrogen and oxygen atoms in total. The van der Waals surface area contributed by atoms with Crippen LogP contribution in [0.15, 0.2) is 35.5 Å². The third-order valence-corrected chi connectivity index (χ3v) is 3.74. The molecule has 98 valence electrons. The fourth-order valence-corrected chi connectivity index (χ4v) is 2.62. The van der Waals surface area contributed by atoms with Gasteiger partial charge in [-0.3, -0.25) is 4.79 Å². The predicted molar refractivity (Wildman–Crippen MR) is 74.8 cm³/mol. The van der Waals surface area contributed by atoms with E-state index >= 15 is 0 Å². The molecule has 2 N–H and O–H groups in total. The normalized spacial score (nSPS) is 13.1. The summed E-state index contributed by atoms with van der Waals surface area (Å²) in [5.74, 6) is 0.188. The van der Waals surface area contributed by atoms with Crippen molar-refractivity contribution in [3.05, 3.63) is 35.9 Å². The van der Waals surface area contributed by atoms with Crippen molar-refractivity contribution in [1.29, 1.82) is 0 Å². The molecular formula is C13H18N2O2S. The van der Waals surface area contributed by atoms with Crippen molar-refractivity contribution in [2.75, 3.05) is 7.05 Å². The van der Waals surface area contributed by atoms with Gasteiger partial charge in [-0.2, -0.15) is 0 Å². The van der Waals surface area contributed by atoms with Gasteiger partial charge in [-0.25, -0.2) is 0 Å². The van der Waals surface area contributed by atoms with E-state index in [4.69, 9.17) is 5.21 Å². The van der Waals surface area contributed by atoms with Gasteiger partial charge < -0.3 is 10.5 Å². The second kappa shape index (κ2) is 7.76. The largest absolute Gasteiger partial charge is 0.410 e. The van der Waals surface area contributed by atoms with Gasteiger partial charge in [0.05, 0.1) is 5.92 Å². The number of benzene rings is 1. The van der Waals surface area contributed by atoms with Gasteiger partial charge in [0.1, 0.15) is 5.04 Å². The number of carbonyl (C=O) groups excluding carboxylic acids is 1. The Morgan fingerprint density at radius 2 is 2.11 bits per heavy atom. The molecule has 1 amide bonds. The lowest BCUT2D eigenvalue weighted by atomic mass is 10.1. The topological polar surface area (TPSA) is 61.7 Å². The summed E-state index contributed by atoms with van der Waals surface area (Å²) in [6.07, 6.45) is 0.612. The zero-order valence-electron chi connectivity index (χ0n) is 10.6. The highest BCUT2D eigenvalue weighted by atomic mass is 32.2. The molecule has 0 heterocycles. The van der Waals surface area contributed by atoms with E-state index in [-0.39, 0.29) is 11.8 Å². The van der Waals surface area contributed by atoms with Crippen molar-refractivity contribution in [2.45, 2.75) is 19.1 Å². The minimum Gasteiger partial charge on any atom is -0.410 e. The molecule has 1 aromatic rings. The fraction of sp³-hybridized carbons (Fsp3) is 0.385. The number of hydrogen-bond acceptors (Lipinski definition) is 4. The molecule has 1 aromatic carbocycles. The van der Waals surface area contributed by atoms with Crippen molar-refractivity contribution >= 4 is 22.7 Å². The summed E-state index contributed by atoms with van der Waals surface area (Å²) in [4.78, 5) is 11.6. The molecule has 0 aliphatic rings. The molecule has 0 fully saturated rings. The fourth-order valence-electron chi connectivity index (χ4n) is 1.58. The van der Waals surface area contributed by atoms with Crippen molar-refractivity contribution in [3.63, 3.8) is 0 Å². The number of oxime groups is 1. The summed E-state index contributed by atoms with van der Waals surface area (Å²) >= 11 is 1.39.